The number of halogens is 1. The van der Waals surface area contributed by atoms with E-state index in [4.69, 9.17) is 16.3 Å². The van der Waals surface area contributed by atoms with E-state index in [2.05, 4.69) is 20.7 Å². The van der Waals surface area contributed by atoms with E-state index >= 15 is 0 Å². The van der Waals surface area contributed by atoms with Gasteiger partial charge in [0.25, 0.3) is 0 Å². The zero-order chi connectivity index (χ0) is 18.1. The lowest BCUT2D eigenvalue weighted by Crippen LogP contribution is -1.97. The number of aryl methyl sites for hydroxylation is 1. The molecule has 4 aromatic rings. The number of aromatic nitrogens is 2. The maximum absolute atomic E-state index is 6.07. The van der Waals surface area contributed by atoms with Gasteiger partial charge in [-0.15, -0.1) is 11.3 Å². The van der Waals surface area contributed by atoms with Gasteiger partial charge >= 0.3 is 0 Å². The van der Waals surface area contributed by atoms with Crippen LogP contribution in [0.2, 0.25) is 5.02 Å². The summed E-state index contributed by atoms with van der Waals surface area (Å²) >= 11 is 7.67. The van der Waals surface area contributed by atoms with Crippen LogP contribution in [0, 0.1) is 6.92 Å². The highest BCUT2D eigenvalue weighted by Crippen LogP contribution is 2.38. The van der Waals surface area contributed by atoms with Gasteiger partial charge in [-0.2, -0.15) is 0 Å². The first-order valence-electron chi connectivity index (χ1n) is 8.05. The molecule has 0 bridgehead atoms. The van der Waals surface area contributed by atoms with Crippen molar-refractivity contribution >= 4 is 44.7 Å². The quantitative estimate of drug-likeness (QED) is 0.466. The van der Waals surface area contributed by atoms with Gasteiger partial charge in [-0.3, -0.25) is 0 Å². The Morgan fingerprint density at radius 2 is 1.88 bits per heavy atom. The Balaban J connectivity index is 1.81. The first kappa shape index (κ1) is 16.8. The zero-order valence-electron chi connectivity index (χ0n) is 14.3. The van der Waals surface area contributed by atoms with Gasteiger partial charge in [0.2, 0.25) is 0 Å². The smallest absolute Gasteiger partial charge is 0.143 e. The lowest BCUT2D eigenvalue weighted by atomic mass is 10.1. The number of hydrogen-bond acceptors (Lipinski definition) is 5. The van der Waals surface area contributed by atoms with Crippen molar-refractivity contribution in [1.29, 1.82) is 0 Å². The van der Waals surface area contributed by atoms with E-state index in [-0.39, 0.29) is 0 Å². The molecule has 0 unspecified atom stereocenters. The summed E-state index contributed by atoms with van der Waals surface area (Å²) < 4.78 is 5.25. The molecule has 0 spiro atoms. The van der Waals surface area contributed by atoms with Crippen LogP contribution in [0.5, 0.6) is 5.75 Å². The Morgan fingerprint density at radius 3 is 2.62 bits per heavy atom. The molecule has 0 saturated heterocycles. The van der Waals surface area contributed by atoms with Crippen molar-refractivity contribution in [2.24, 2.45) is 0 Å². The lowest BCUT2D eigenvalue weighted by Gasteiger charge is -2.11. The van der Waals surface area contributed by atoms with E-state index in [0.29, 0.717) is 0 Å². The third-order valence-electron chi connectivity index (χ3n) is 4.21. The number of hydrogen-bond donors (Lipinski definition) is 1. The average Bonchev–Trinajstić information content (AvgIpc) is 3.09. The highest BCUT2D eigenvalue weighted by molar-refractivity contribution is 7.17. The molecule has 0 fully saturated rings. The van der Waals surface area contributed by atoms with Crippen LogP contribution in [0.3, 0.4) is 0 Å². The largest absolute Gasteiger partial charge is 0.497 e. The number of methoxy groups -OCH3 is 1. The van der Waals surface area contributed by atoms with Gasteiger partial charge in [0, 0.05) is 21.7 Å². The van der Waals surface area contributed by atoms with Gasteiger partial charge in [0.1, 0.15) is 22.7 Å². The minimum atomic E-state index is 0.718. The number of nitrogens with zero attached hydrogens (tertiary/aromatic N) is 2. The third-order valence-corrected chi connectivity index (χ3v) is 5.33. The Labute approximate surface area is 160 Å². The maximum atomic E-state index is 6.07. The van der Waals surface area contributed by atoms with Crippen LogP contribution in [0.4, 0.5) is 11.5 Å². The summed E-state index contributed by atoms with van der Waals surface area (Å²) in [6, 6.07) is 13.8. The second-order valence-corrected chi connectivity index (χ2v) is 7.16. The van der Waals surface area contributed by atoms with Crippen LogP contribution in [-0.2, 0) is 0 Å². The number of ether oxygens (including phenoxy) is 1. The normalized spacial score (nSPS) is 10.9. The number of benzene rings is 2. The summed E-state index contributed by atoms with van der Waals surface area (Å²) in [7, 11) is 1.67. The van der Waals surface area contributed by atoms with E-state index in [1.807, 2.05) is 49.4 Å². The number of fused-ring (bicyclic) bond motifs is 1. The number of rotatable bonds is 4. The standard InChI is InChI=1S/C20H16ClN3OS/c1-12-9-14(21)5-8-17(12)24-19-18-16(10-26-20(18)23-11-22-19)13-3-6-15(25-2)7-4-13/h3-11H,1-2H3,(H,22,23,24). The van der Waals surface area contributed by atoms with Crippen LogP contribution in [0.15, 0.2) is 54.2 Å². The highest BCUT2D eigenvalue weighted by Gasteiger charge is 2.14. The van der Waals surface area contributed by atoms with Crippen LogP contribution in [0.1, 0.15) is 5.56 Å². The maximum Gasteiger partial charge on any atom is 0.143 e. The number of thiophene rings is 1. The average molecular weight is 382 g/mol. The van der Waals surface area contributed by atoms with Gasteiger partial charge in [0.15, 0.2) is 0 Å². The molecule has 26 heavy (non-hydrogen) atoms. The fraction of sp³-hybridized carbons (Fsp3) is 0.100. The summed E-state index contributed by atoms with van der Waals surface area (Å²) in [5, 5.41) is 7.27. The molecule has 1 N–H and O–H groups in total. The molecule has 0 aliphatic carbocycles. The van der Waals surface area contributed by atoms with Crippen molar-refractivity contribution < 1.29 is 4.74 Å². The minimum Gasteiger partial charge on any atom is -0.497 e. The van der Waals surface area contributed by atoms with E-state index in [1.165, 1.54) is 0 Å². The third kappa shape index (κ3) is 3.11. The first-order chi connectivity index (χ1) is 12.7. The Hall–Kier alpha value is -2.63. The monoisotopic (exact) mass is 381 g/mol. The number of anilines is 2. The lowest BCUT2D eigenvalue weighted by molar-refractivity contribution is 0.415. The number of nitrogens with one attached hydrogen (secondary N) is 1. The minimum absolute atomic E-state index is 0.718. The van der Waals surface area contributed by atoms with Gasteiger partial charge in [0.05, 0.1) is 12.5 Å². The van der Waals surface area contributed by atoms with E-state index in [9.17, 15) is 0 Å². The van der Waals surface area contributed by atoms with Crippen molar-refractivity contribution in [3.63, 3.8) is 0 Å². The molecule has 4 rings (SSSR count). The van der Waals surface area contributed by atoms with Crippen molar-refractivity contribution in [1.82, 2.24) is 9.97 Å². The highest BCUT2D eigenvalue weighted by atomic mass is 35.5. The fourth-order valence-electron chi connectivity index (χ4n) is 2.85. The van der Waals surface area contributed by atoms with E-state index < -0.39 is 0 Å². The molecule has 2 aromatic heterocycles. The molecule has 2 aromatic carbocycles. The SMILES string of the molecule is COc1ccc(-c2csc3ncnc(Nc4ccc(Cl)cc4C)c23)cc1. The molecule has 4 nitrogen and oxygen atoms in total. The summed E-state index contributed by atoms with van der Waals surface area (Å²) in [4.78, 5) is 9.85. The molecular weight excluding hydrogens is 366 g/mol. The Bertz CT molecular complexity index is 1080. The van der Waals surface area contributed by atoms with E-state index in [1.54, 1.807) is 24.8 Å². The molecule has 130 valence electrons. The molecule has 6 heteroatoms. The summed E-state index contributed by atoms with van der Waals surface area (Å²) in [6.45, 7) is 2.02. The van der Waals surface area contributed by atoms with Crippen molar-refractivity contribution in [2.75, 3.05) is 12.4 Å². The van der Waals surface area contributed by atoms with Crippen LogP contribution in [0.25, 0.3) is 21.3 Å². The van der Waals surface area contributed by atoms with Crippen LogP contribution in [-0.4, -0.2) is 17.1 Å². The zero-order valence-corrected chi connectivity index (χ0v) is 15.9. The van der Waals surface area contributed by atoms with Crippen molar-refractivity contribution in [2.45, 2.75) is 6.92 Å². The predicted molar refractivity (Wildman–Crippen MR) is 109 cm³/mol. The topological polar surface area (TPSA) is 47.0 Å². The van der Waals surface area contributed by atoms with Crippen LogP contribution >= 0.6 is 22.9 Å². The van der Waals surface area contributed by atoms with Crippen molar-refractivity contribution in [3.05, 3.63) is 64.8 Å². The first-order valence-corrected chi connectivity index (χ1v) is 9.31. The van der Waals surface area contributed by atoms with Gasteiger partial charge < -0.3 is 10.1 Å². The van der Waals surface area contributed by atoms with Crippen molar-refractivity contribution in [3.8, 4) is 16.9 Å². The summed E-state index contributed by atoms with van der Waals surface area (Å²) in [6.07, 6.45) is 1.59. The second-order valence-electron chi connectivity index (χ2n) is 5.86. The van der Waals surface area contributed by atoms with Gasteiger partial charge in [-0.1, -0.05) is 23.7 Å². The van der Waals surface area contributed by atoms with Gasteiger partial charge in [-0.05, 0) is 48.4 Å². The Kier molecular flexibility index (Phi) is 4.49. The summed E-state index contributed by atoms with van der Waals surface area (Å²) in [5.41, 5.74) is 4.23. The molecule has 0 saturated carbocycles. The molecule has 0 atom stereocenters. The molecule has 0 aliphatic rings. The van der Waals surface area contributed by atoms with Gasteiger partial charge in [-0.25, -0.2) is 9.97 Å². The Morgan fingerprint density at radius 1 is 1.08 bits per heavy atom. The molecule has 2 heterocycles. The second kappa shape index (κ2) is 6.94. The molecule has 0 radical (unpaired) electrons. The molecule has 0 aliphatic heterocycles. The molecule has 0 amide bonds. The summed E-state index contributed by atoms with van der Waals surface area (Å²) in [5.74, 6) is 1.62. The predicted octanol–water partition coefficient (Wildman–Crippen LogP) is 6.07. The fourth-order valence-corrected chi connectivity index (χ4v) is 3.99. The molecular formula is C20H16ClN3OS. The van der Waals surface area contributed by atoms with Crippen LogP contribution < -0.4 is 10.1 Å². The van der Waals surface area contributed by atoms with E-state index in [0.717, 1.165) is 49.2 Å².